The number of hydrogen-bond donors (Lipinski definition) is 1. The molecule has 0 saturated carbocycles. The minimum atomic E-state index is 0.774. The van der Waals surface area contributed by atoms with Gasteiger partial charge in [0.05, 0.1) is 0 Å². The van der Waals surface area contributed by atoms with Gasteiger partial charge >= 0.3 is 0 Å². The predicted octanol–water partition coefficient (Wildman–Crippen LogP) is 5.78. The minimum Gasteiger partial charge on any atom is -0.358 e. The van der Waals surface area contributed by atoms with E-state index >= 15 is 0 Å². The smallest absolute Gasteiger partial charge is 0.0459 e. The van der Waals surface area contributed by atoms with Crippen LogP contribution in [0.3, 0.4) is 0 Å². The van der Waals surface area contributed by atoms with E-state index in [1.165, 1.54) is 71.4 Å². The molecule has 2 aliphatic rings. The summed E-state index contributed by atoms with van der Waals surface area (Å²) in [5, 5.41) is 1.46. The normalized spacial score (nSPS) is 20.2. The van der Waals surface area contributed by atoms with E-state index in [0.29, 0.717) is 0 Å². The first-order valence-corrected chi connectivity index (χ1v) is 11.7. The van der Waals surface area contributed by atoms with Gasteiger partial charge in [-0.3, -0.25) is 4.90 Å². The van der Waals surface area contributed by atoms with Crippen LogP contribution in [0.4, 0.5) is 0 Å². The molecule has 1 aromatic heterocycles. The van der Waals surface area contributed by atoms with Crippen LogP contribution in [-0.4, -0.2) is 35.8 Å². The van der Waals surface area contributed by atoms with Crippen LogP contribution in [-0.2, 0) is 12.8 Å². The van der Waals surface area contributed by atoms with E-state index in [2.05, 4.69) is 70.7 Å². The number of H-pyrrole nitrogens is 1. The largest absolute Gasteiger partial charge is 0.358 e. The zero-order chi connectivity index (χ0) is 18.9. The van der Waals surface area contributed by atoms with E-state index < -0.39 is 0 Å². The zero-order valence-electron chi connectivity index (χ0n) is 16.6. The van der Waals surface area contributed by atoms with Crippen molar-refractivity contribution in [1.82, 2.24) is 9.88 Å². The summed E-state index contributed by atoms with van der Waals surface area (Å²) >= 11 is 1.84. The van der Waals surface area contributed by atoms with Gasteiger partial charge in [0.15, 0.2) is 0 Å². The van der Waals surface area contributed by atoms with Gasteiger partial charge < -0.3 is 4.98 Å². The molecule has 144 valence electrons. The van der Waals surface area contributed by atoms with Crippen LogP contribution in [0.15, 0.2) is 59.5 Å². The summed E-state index contributed by atoms with van der Waals surface area (Å²) in [5.74, 6) is 0.774. The molecule has 1 unspecified atom stereocenters. The molecule has 2 heterocycles. The maximum absolute atomic E-state index is 3.68. The Morgan fingerprint density at radius 3 is 2.79 bits per heavy atom. The summed E-state index contributed by atoms with van der Waals surface area (Å²) in [7, 11) is 0. The molecule has 3 heteroatoms. The van der Waals surface area contributed by atoms with E-state index in [-0.39, 0.29) is 0 Å². The molecule has 0 bridgehead atoms. The first-order chi connectivity index (χ1) is 13.8. The third-order valence-corrected chi connectivity index (χ3v) is 7.18. The maximum atomic E-state index is 3.68. The van der Waals surface area contributed by atoms with Crippen molar-refractivity contribution in [3.63, 3.8) is 0 Å². The van der Waals surface area contributed by atoms with Crippen LogP contribution in [0.25, 0.3) is 16.5 Å². The number of aromatic nitrogens is 1. The minimum absolute atomic E-state index is 0.774. The molecule has 28 heavy (non-hydrogen) atoms. The number of fused-ring (bicyclic) bond motifs is 3. The number of hydrogen-bond acceptors (Lipinski definition) is 2. The molecule has 1 aliphatic carbocycles. The number of nitrogens with zero attached hydrogens (tertiary/aromatic N) is 1. The Labute approximate surface area is 172 Å². The van der Waals surface area contributed by atoms with Gasteiger partial charge in [0, 0.05) is 41.1 Å². The van der Waals surface area contributed by atoms with Crippen molar-refractivity contribution < 1.29 is 0 Å². The van der Waals surface area contributed by atoms with Crippen LogP contribution >= 0.6 is 11.8 Å². The number of thioether (sulfide) groups is 1. The van der Waals surface area contributed by atoms with Crippen molar-refractivity contribution in [3.8, 4) is 0 Å². The van der Waals surface area contributed by atoms with Gasteiger partial charge in [-0.15, -0.1) is 11.8 Å². The molecule has 1 atom stereocenters. The third-order valence-electron chi connectivity index (χ3n) is 6.45. The van der Waals surface area contributed by atoms with Gasteiger partial charge in [-0.05, 0) is 72.8 Å². The number of aryl methyl sites for hydroxylation is 1. The topological polar surface area (TPSA) is 19.0 Å². The highest BCUT2D eigenvalue weighted by Crippen LogP contribution is 2.34. The second kappa shape index (κ2) is 7.81. The molecule has 5 rings (SSSR count). The Morgan fingerprint density at radius 2 is 2.00 bits per heavy atom. The first-order valence-electron chi connectivity index (χ1n) is 10.4. The molecular formula is C25H28N2S. The van der Waals surface area contributed by atoms with Crippen LogP contribution in [0.2, 0.25) is 0 Å². The van der Waals surface area contributed by atoms with Gasteiger partial charge in [0.2, 0.25) is 0 Å². The lowest BCUT2D eigenvalue weighted by Gasteiger charge is -2.32. The van der Waals surface area contributed by atoms with Crippen LogP contribution < -0.4 is 0 Å². The number of rotatable bonds is 4. The lowest BCUT2D eigenvalue weighted by molar-refractivity contribution is 0.238. The van der Waals surface area contributed by atoms with E-state index in [9.17, 15) is 0 Å². The van der Waals surface area contributed by atoms with E-state index in [0.717, 1.165) is 12.5 Å². The van der Waals surface area contributed by atoms with Gasteiger partial charge in [-0.2, -0.15) is 0 Å². The highest BCUT2D eigenvalue weighted by atomic mass is 32.2. The molecule has 0 spiro atoms. The maximum Gasteiger partial charge on any atom is 0.0459 e. The summed E-state index contributed by atoms with van der Waals surface area (Å²) in [6.07, 6.45) is 9.51. The summed E-state index contributed by atoms with van der Waals surface area (Å²) in [6.45, 7) is 3.51. The first kappa shape index (κ1) is 18.1. The molecule has 2 nitrogen and oxygen atoms in total. The molecule has 1 aliphatic heterocycles. The molecular weight excluding hydrogens is 360 g/mol. The average molecular weight is 389 g/mol. The quantitative estimate of drug-likeness (QED) is 0.571. The van der Waals surface area contributed by atoms with Crippen molar-refractivity contribution >= 4 is 28.2 Å². The Kier molecular flexibility index (Phi) is 5.04. The van der Waals surface area contributed by atoms with E-state index in [4.69, 9.17) is 0 Å². The Balaban J connectivity index is 1.28. The molecule has 0 radical (unpaired) electrons. The average Bonchev–Trinajstić information content (AvgIpc) is 3.12. The standard InChI is InChI=1S/C25H28N2S/c1-28-21-8-10-25-23(16-21)22-15-18(7-9-24(22)26-25)17-27-13-11-20(12-14-27)19-5-3-2-4-6-19/h2-6,8,10-11,16,18,26H,7,9,12-15,17H2,1H3. The number of benzene rings is 2. The lowest BCUT2D eigenvalue weighted by Crippen LogP contribution is -2.35. The summed E-state index contributed by atoms with van der Waals surface area (Å²) < 4.78 is 0. The van der Waals surface area contributed by atoms with Crippen LogP contribution in [0.5, 0.6) is 0 Å². The second-order valence-electron chi connectivity index (χ2n) is 8.21. The summed E-state index contributed by atoms with van der Waals surface area (Å²) in [6, 6.07) is 17.7. The van der Waals surface area contributed by atoms with Gasteiger partial charge in [-0.1, -0.05) is 36.4 Å². The van der Waals surface area contributed by atoms with Gasteiger partial charge in [0.1, 0.15) is 0 Å². The fourth-order valence-corrected chi connectivity index (χ4v) is 5.35. The number of nitrogens with one attached hydrogen (secondary N) is 1. The Bertz CT molecular complexity index is 1000. The third kappa shape index (κ3) is 3.54. The van der Waals surface area contributed by atoms with Crippen molar-refractivity contribution in [3.05, 3.63) is 71.4 Å². The molecule has 0 amide bonds. The second-order valence-corrected chi connectivity index (χ2v) is 9.09. The van der Waals surface area contributed by atoms with E-state index in [1.807, 2.05) is 11.8 Å². The highest BCUT2D eigenvalue weighted by Gasteiger charge is 2.25. The highest BCUT2D eigenvalue weighted by molar-refractivity contribution is 7.98. The van der Waals surface area contributed by atoms with Crippen molar-refractivity contribution in [2.45, 2.75) is 30.6 Å². The fourth-order valence-electron chi connectivity index (χ4n) is 4.91. The predicted molar refractivity (Wildman–Crippen MR) is 121 cm³/mol. The monoisotopic (exact) mass is 388 g/mol. The van der Waals surface area contributed by atoms with E-state index in [1.54, 1.807) is 5.56 Å². The Hall–Kier alpha value is -1.97. The summed E-state index contributed by atoms with van der Waals surface area (Å²) in [4.78, 5) is 7.71. The van der Waals surface area contributed by atoms with Gasteiger partial charge in [0.25, 0.3) is 0 Å². The Morgan fingerprint density at radius 1 is 1.11 bits per heavy atom. The van der Waals surface area contributed by atoms with Crippen LogP contribution in [0.1, 0.15) is 29.7 Å². The molecule has 3 aromatic rings. The fraction of sp³-hybridized carbons (Fsp3) is 0.360. The number of aromatic amines is 1. The van der Waals surface area contributed by atoms with Crippen molar-refractivity contribution in [2.24, 2.45) is 5.92 Å². The van der Waals surface area contributed by atoms with Crippen molar-refractivity contribution in [1.29, 1.82) is 0 Å². The molecule has 2 aromatic carbocycles. The SMILES string of the molecule is CSc1ccc2[nH]c3c(c2c1)CC(CN1CC=C(c2ccccc2)CC1)CC3. The molecule has 0 fully saturated rings. The van der Waals surface area contributed by atoms with Crippen molar-refractivity contribution in [2.75, 3.05) is 25.9 Å². The molecule has 1 N–H and O–H groups in total. The van der Waals surface area contributed by atoms with Gasteiger partial charge in [-0.25, -0.2) is 0 Å². The van der Waals surface area contributed by atoms with Crippen LogP contribution in [0, 0.1) is 5.92 Å². The lowest BCUT2D eigenvalue weighted by atomic mass is 9.85. The molecule has 0 saturated heterocycles. The summed E-state index contributed by atoms with van der Waals surface area (Å²) in [5.41, 5.74) is 7.29. The zero-order valence-corrected chi connectivity index (χ0v) is 17.4.